The molecule has 0 bridgehead atoms. The highest BCUT2D eigenvalue weighted by atomic mass is 32.2. The maximum Gasteiger partial charge on any atom is 0.0780 e. The number of rotatable bonds is 0. The lowest BCUT2D eigenvalue weighted by Crippen LogP contribution is -2.25. The van der Waals surface area contributed by atoms with Crippen LogP contribution in [0.3, 0.4) is 0 Å². The molecule has 2 nitrogen and oxygen atoms in total. The standard InChI is InChI=1S/C6H13NOS/c1-5-7(8)4-6(2,3)9-5/h5,8H,4H2,1-3H3. The highest BCUT2D eigenvalue weighted by Crippen LogP contribution is 2.37. The summed E-state index contributed by atoms with van der Waals surface area (Å²) in [4.78, 5) is 0. The molecule has 0 aromatic carbocycles. The zero-order valence-corrected chi connectivity index (χ0v) is 6.90. The molecule has 1 N–H and O–H groups in total. The Labute approximate surface area is 60.2 Å². The molecule has 1 saturated heterocycles. The number of nitrogens with zero attached hydrogens (tertiary/aromatic N) is 1. The molecule has 1 aliphatic heterocycles. The van der Waals surface area contributed by atoms with E-state index in [2.05, 4.69) is 13.8 Å². The smallest absolute Gasteiger partial charge is 0.0780 e. The maximum atomic E-state index is 9.15. The van der Waals surface area contributed by atoms with Crippen LogP contribution in [0.15, 0.2) is 0 Å². The summed E-state index contributed by atoms with van der Waals surface area (Å²) in [5.74, 6) is 0. The molecule has 0 spiro atoms. The van der Waals surface area contributed by atoms with E-state index in [0.29, 0.717) is 0 Å². The molecule has 0 aliphatic carbocycles. The van der Waals surface area contributed by atoms with Crippen molar-refractivity contribution in [2.24, 2.45) is 0 Å². The fraction of sp³-hybridized carbons (Fsp3) is 1.00. The first-order valence-corrected chi connectivity index (χ1v) is 4.02. The van der Waals surface area contributed by atoms with Crippen molar-refractivity contribution in [3.63, 3.8) is 0 Å². The Balaban J connectivity index is 2.54. The summed E-state index contributed by atoms with van der Waals surface area (Å²) in [6.07, 6.45) is 0. The predicted molar refractivity (Wildman–Crippen MR) is 39.6 cm³/mol. The van der Waals surface area contributed by atoms with Gasteiger partial charge in [0, 0.05) is 11.3 Å². The summed E-state index contributed by atoms with van der Waals surface area (Å²) < 4.78 is 0.230. The van der Waals surface area contributed by atoms with Gasteiger partial charge in [0.2, 0.25) is 0 Å². The van der Waals surface area contributed by atoms with Crippen LogP contribution in [0.1, 0.15) is 20.8 Å². The third-order valence-electron chi connectivity index (χ3n) is 1.45. The van der Waals surface area contributed by atoms with Gasteiger partial charge in [-0.05, 0) is 20.8 Å². The Hall–Kier alpha value is 0.270. The van der Waals surface area contributed by atoms with E-state index in [1.807, 2.05) is 6.92 Å². The van der Waals surface area contributed by atoms with Gasteiger partial charge in [-0.25, -0.2) is 0 Å². The molecule has 1 fully saturated rings. The van der Waals surface area contributed by atoms with Gasteiger partial charge < -0.3 is 5.21 Å². The second kappa shape index (κ2) is 2.15. The molecule has 0 saturated carbocycles. The van der Waals surface area contributed by atoms with Crippen molar-refractivity contribution in [2.75, 3.05) is 6.54 Å². The van der Waals surface area contributed by atoms with Crippen molar-refractivity contribution >= 4 is 11.8 Å². The van der Waals surface area contributed by atoms with Gasteiger partial charge in [-0.2, -0.15) is 5.06 Å². The van der Waals surface area contributed by atoms with Crippen molar-refractivity contribution in [2.45, 2.75) is 30.9 Å². The lowest BCUT2D eigenvalue weighted by atomic mass is 10.2. The Morgan fingerprint density at radius 3 is 2.33 bits per heavy atom. The molecule has 54 valence electrons. The summed E-state index contributed by atoms with van der Waals surface area (Å²) in [6, 6.07) is 0. The molecule has 3 heteroatoms. The average molecular weight is 147 g/mol. The van der Waals surface area contributed by atoms with Gasteiger partial charge >= 0.3 is 0 Å². The predicted octanol–water partition coefficient (Wildman–Crippen LogP) is 1.55. The molecule has 1 aliphatic rings. The minimum Gasteiger partial charge on any atom is -0.313 e. The van der Waals surface area contributed by atoms with Crippen LogP contribution in [0.25, 0.3) is 0 Å². The van der Waals surface area contributed by atoms with Gasteiger partial charge in [-0.3, -0.25) is 0 Å². The van der Waals surface area contributed by atoms with Crippen LogP contribution in [0.5, 0.6) is 0 Å². The number of hydroxylamine groups is 2. The van der Waals surface area contributed by atoms with Crippen LogP contribution in [-0.2, 0) is 0 Å². The van der Waals surface area contributed by atoms with Crippen molar-refractivity contribution in [3.8, 4) is 0 Å². The lowest BCUT2D eigenvalue weighted by molar-refractivity contribution is -0.0918. The van der Waals surface area contributed by atoms with Crippen LogP contribution >= 0.6 is 11.8 Å². The number of thioether (sulfide) groups is 1. The number of hydrogen-bond donors (Lipinski definition) is 1. The van der Waals surface area contributed by atoms with Gasteiger partial charge in [0.05, 0.1) is 5.37 Å². The SMILES string of the molecule is CC1SC(C)(C)CN1O. The molecule has 0 aromatic heterocycles. The van der Waals surface area contributed by atoms with E-state index in [1.54, 1.807) is 11.8 Å². The van der Waals surface area contributed by atoms with Crippen LogP contribution in [0.2, 0.25) is 0 Å². The summed E-state index contributed by atoms with van der Waals surface area (Å²) in [5.41, 5.74) is 0. The first-order valence-electron chi connectivity index (χ1n) is 3.15. The second-order valence-corrected chi connectivity index (χ2v) is 5.10. The summed E-state index contributed by atoms with van der Waals surface area (Å²) in [7, 11) is 0. The highest BCUT2D eigenvalue weighted by molar-refractivity contribution is 8.01. The van der Waals surface area contributed by atoms with E-state index in [0.717, 1.165) is 6.54 Å². The topological polar surface area (TPSA) is 23.5 Å². The van der Waals surface area contributed by atoms with Gasteiger partial charge in [0.15, 0.2) is 0 Å². The van der Waals surface area contributed by atoms with Gasteiger partial charge in [-0.15, -0.1) is 11.8 Å². The summed E-state index contributed by atoms with van der Waals surface area (Å²) in [5, 5.41) is 10.8. The van der Waals surface area contributed by atoms with Crippen LogP contribution in [0.4, 0.5) is 0 Å². The minimum atomic E-state index is 0.230. The monoisotopic (exact) mass is 147 g/mol. The molecular weight excluding hydrogens is 134 g/mol. The zero-order valence-electron chi connectivity index (χ0n) is 6.09. The molecule has 1 atom stereocenters. The van der Waals surface area contributed by atoms with Crippen LogP contribution in [-0.4, -0.2) is 26.9 Å². The Bertz CT molecular complexity index is 104. The number of hydrogen-bond acceptors (Lipinski definition) is 3. The molecule has 1 unspecified atom stereocenters. The minimum absolute atomic E-state index is 0.230. The van der Waals surface area contributed by atoms with Crippen molar-refractivity contribution < 1.29 is 5.21 Å². The molecule has 1 heterocycles. The van der Waals surface area contributed by atoms with Crippen LogP contribution in [0, 0.1) is 0 Å². The van der Waals surface area contributed by atoms with E-state index < -0.39 is 0 Å². The van der Waals surface area contributed by atoms with E-state index in [9.17, 15) is 0 Å². The first-order chi connectivity index (χ1) is 4.01. The Morgan fingerprint density at radius 2 is 2.22 bits per heavy atom. The summed E-state index contributed by atoms with van der Waals surface area (Å²) in [6.45, 7) is 7.08. The average Bonchev–Trinajstić information content (AvgIpc) is 1.79. The highest BCUT2D eigenvalue weighted by Gasteiger charge is 2.34. The quantitative estimate of drug-likeness (QED) is 0.562. The van der Waals surface area contributed by atoms with Gasteiger partial charge in [0.1, 0.15) is 0 Å². The molecule has 1 rings (SSSR count). The molecule has 9 heavy (non-hydrogen) atoms. The van der Waals surface area contributed by atoms with E-state index >= 15 is 0 Å². The van der Waals surface area contributed by atoms with E-state index in [4.69, 9.17) is 5.21 Å². The summed E-state index contributed by atoms with van der Waals surface area (Å²) >= 11 is 1.81. The largest absolute Gasteiger partial charge is 0.313 e. The molecule has 0 radical (unpaired) electrons. The van der Waals surface area contributed by atoms with Crippen LogP contribution < -0.4 is 0 Å². The second-order valence-electron chi connectivity index (χ2n) is 3.07. The van der Waals surface area contributed by atoms with Gasteiger partial charge in [0.25, 0.3) is 0 Å². The van der Waals surface area contributed by atoms with Crippen molar-refractivity contribution in [1.82, 2.24) is 5.06 Å². The van der Waals surface area contributed by atoms with E-state index in [1.165, 1.54) is 5.06 Å². The third-order valence-corrected chi connectivity index (χ3v) is 2.80. The molecule has 0 amide bonds. The van der Waals surface area contributed by atoms with Crippen molar-refractivity contribution in [1.29, 1.82) is 0 Å². The Morgan fingerprint density at radius 1 is 1.67 bits per heavy atom. The maximum absolute atomic E-state index is 9.15. The van der Waals surface area contributed by atoms with Crippen molar-refractivity contribution in [3.05, 3.63) is 0 Å². The fourth-order valence-corrected chi connectivity index (χ4v) is 2.40. The Kier molecular flexibility index (Phi) is 1.76. The lowest BCUT2D eigenvalue weighted by Gasteiger charge is -2.13. The fourth-order valence-electron chi connectivity index (χ4n) is 1.08. The zero-order chi connectivity index (χ0) is 7.07. The molecular formula is C6H13NOS. The molecule has 0 aromatic rings. The normalized spacial score (nSPS) is 35.3. The third kappa shape index (κ3) is 1.60. The van der Waals surface area contributed by atoms with E-state index in [-0.39, 0.29) is 10.1 Å². The van der Waals surface area contributed by atoms with Gasteiger partial charge in [-0.1, -0.05) is 0 Å². The first kappa shape index (κ1) is 7.38.